The number of nitrogens with zero attached hydrogens (tertiary/aromatic N) is 2. The molecule has 0 radical (unpaired) electrons. The molecule has 1 atom stereocenters. The van der Waals surface area contributed by atoms with Crippen LogP contribution >= 0.6 is 0 Å². The van der Waals surface area contributed by atoms with E-state index in [1.807, 2.05) is 4.57 Å². The van der Waals surface area contributed by atoms with Crippen molar-refractivity contribution in [1.29, 1.82) is 0 Å². The van der Waals surface area contributed by atoms with E-state index in [0.29, 0.717) is 29.7 Å². The topological polar surface area (TPSA) is 55.1 Å². The zero-order valence-electron chi connectivity index (χ0n) is 18.7. The third kappa shape index (κ3) is 3.95. The number of carbonyl (C=O) groups is 1. The molecule has 4 rings (SSSR count). The number of benzene rings is 1. The largest absolute Gasteiger partial charge is 0.395 e. The van der Waals surface area contributed by atoms with Crippen molar-refractivity contribution < 1.29 is 27.5 Å². The molecule has 0 aliphatic heterocycles. The molecule has 2 aromatic rings. The van der Waals surface area contributed by atoms with Crippen LogP contribution in [0.2, 0.25) is 0 Å². The Kier molecular flexibility index (Phi) is 5.67. The minimum Gasteiger partial charge on any atom is -0.386 e. The highest BCUT2D eigenvalue weighted by molar-refractivity contribution is 5.82. The van der Waals surface area contributed by atoms with Crippen LogP contribution in [0.3, 0.4) is 0 Å². The van der Waals surface area contributed by atoms with E-state index in [2.05, 4.69) is 4.98 Å². The van der Waals surface area contributed by atoms with Gasteiger partial charge in [-0.25, -0.2) is 9.37 Å². The Morgan fingerprint density at radius 1 is 1.28 bits per heavy atom. The number of Topliss-reactive ketones (excluding diaryl/α,β-unsaturated/α-hetero) is 1. The van der Waals surface area contributed by atoms with Crippen molar-refractivity contribution in [3.8, 4) is 0 Å². The molecular formula is C24H30F4N2O2. The first-order chi connectivity index (χ1) is 14.8. The Bertz CT molecular complexity index is 1030. The summed E-state index contributed by atoms with van der Waals surface area (Å²) < 4.78 is 56.8. The van der Waals surface area contributed by atoms with Crippen LogP contribution in [-0.4, -0.2) is 26.6 Å². The van der Waals surface area contributed by atoms with Crippen molar-refractivity contribution in [3.05, 3.63) is 29.3 Å². The van der Waals surface area contributed by atoms with Gasteiger partial charge in [-0.15, -0.1) is 0 Å². The molecule has 2 aliphatic rings. The number of aromatic nitrogens is 2. The van der Waals surface area contributed by atoms with Crippen LogP contribution in [0.25, 0.3) is 11.0 Å². The maximum Gasteiger partial charge on any atom is 0.395 e. The van der Waals surface area contributed by atoms with E-state index < -0.39 is 28.9 Å². The molecule has 1 heterocycles. The molecule has 4 nitrogen and oxygen atoms in total. The standard InChI is InChI=1S/C24H30F4N2O2/c1-14(23(10-11-23)24(26,27)28)19(31)8-5-9-20-29-21-17(25)12-15(22(2,3)32)13-18(21)30(20)16-6-4-7-16/h12-14,16,32H,4-11H2,1-3H3. The molecule has 1 N–H and O–H groups in total. The zero-order chi connectivity index (χ0) is 23.5. The average Bonchev–Trinajstić information content (AvgIpc) is 3.39. The van der Waals surface area contributed by atoms with Gasteiger partial charge in [-0.1, -0.05) is 6.92 Å². The molecule has 176 valence electrons. The highest BCUT2D eigenvalue weighted by Crippen LogP contribution is 2.62. The van der Waals surface area contributed by atoms with Crippen LogP contribution in [0.4, 0.5) is 17.6 Å². The van der Waals surface area contributed by atoms with Crippen LogP contribution in [0.1, 0.15) is 83.1 Å². The molecule has 2 saturated carbocycles. The minimum absolute atomic E-state index is 0.0176. The molecule has 8 heteroatoms. The number of imidazole rings is 1. The number of rotatable bonds is 8. The highest BCUT2D eigenvalue weighted by Gasteiger charge is 2.67. The van der Waals surface area contributed by atoms with Gasteiger partial charge in [0.15, 0.2) is 5.82 Å². The maximum atomic E-state index is 14.8. The van der Waals surface area contributed by atoms with E-state index in [9.17, 15) is 27.5 Å². The zero-order valence-corrected chi connectivity index (χ0v) is 18.7. The number of alkyl halides is 3. The Morgan fingerprint density at radius 3 is 2.44 bits per heavy atom. The number of hydrogen-bond acceptors (Lipinski definition) is 3. The lowest BCUT2D eigenvalue weighted by molar-refractivity contribution is -0.202. The second kappa shape index (κ2) is 7.82. The fourth-order valence-corrected chi connectivity index (χ4v) is 4.82. The van der Waals surface area contributed by atoms with Gasteiger partial charge in [-0.3, -0.25) is 4.79 Å². The molecule has 1 aromatic carbocycles. The number of halogens is 4. The summed E-state index contributed by atoms with van der Waals surface area (Å²) in [5.41, 5.74) is -1.74. The molecule has 2 fully saturated rings. The van der Waals surface area contributed by atoms with Gasteiger partial charge in [0, 0.05) is 24.8 Å². The SMILES string of the molecule is CC(C(=O)CCCc1nc2c(F)cc(C(C)(C)O)cc2n1C1CCC1)C1(C(F)(F)F)CC1. The van der Waals surface area contributed by atoms with Gasteiger partial charge < -0.3 is 9.67 Å². The summed E-state index contributed by atoms with van der Waals surface area (Å²) in [5.74, 6) is -1.28. The smallest absolute Gasteiger partial charge is 0.386 e. The summed E-state index contributed by atoms with van der Waals surface area (Å²) in [4.78, 5) is 17.0. The van der Waals surface area contributed by atoms with Gasteiger partial charge in [0.1, 0.15) is 17.1 Å². The van der Waals surface area contributed by atoms with E-state index in [4.69, 9.17) is 0 Å². The fourth-order valence-electron chi connectivity index (χ4n) is 4.82. The lowest BCUT2D eigenvalue weighted by atomic mass is 9.84. The molecular weight excluding hydrogens is 424 g/mol. The molecule has 0 saturated heterocycles. The van der Waals surface area contributed by atoms with Crippen LogP contribution in [0.15, 0.2) is 12.1 Å². The maximum absolute atomic E-state index is 14.8. The van der Waals surface area contributed by atoms with E-state index in [1.54, 1.807) is 19.9 Å². The predicted molar refractivity (Wildman–Crippen MR) is 113 cm³/mol. The normalized spacial score (nSPS) is 19.8. The van der Waals surface area contributed by atoms with E-state index >= 15 is 0 Å². The molecule has 32 heavy (non-hydrogen) atoms. The lowest BCUT2D eigenvalue weighted by Crippen LogP contribution is -2.35. The van der Waals surface area contributed by atoms with Crippen LogP contribution in [-0.2, 0) is 16.8 Å². The van der Waals surface area contributed by atoms with Crippen LogP contribution in [0, 0.1) is 17.2 Å². The van der Waals surface area contributed by atoms with Gasteiger partial charge >= 0.3 is 6.18 Å². The summed E-state index contributed by atoms with van der Waals surface area (Å²) in [7, 11) is 0. The lowest BCUT2D eigenvalue weighted by Gasteiger charge is -2.29. The molecule has 0 amide bonds. The van der Waals surface area contributed by atoms with Gasteiger partial charge in [-0.2, -0.15) is 13.2 Å². The highest BCUT2D eigenvalue weighted by atomic mass is 19.4. The van der Waals surface area contributed by atoms with E-state index in [1.165, 1.54) is 13.0 Å². The number of ketones is 1. The molecule has 0 spiro atoms. The van der Waals surface area contributed by atoms with Crippen molar-refractivity contribution in [2.24, 2.45) is 11.3 Å². The first kappa shape index (κ1) is 23.2. The number of aliphatic hydroxyl groups is 1. The summed E-state index contributed by atoms with van der Waals surface area (Å²) in [6.07, 6.45) is -0.568. The van der Waals surface area contributed by atoms with Crippen molar-refractivity contribution in [3.63, 3.8) is 0 Å². The predicted octanol–water partition coefficient (Wildman–Crippen LogP) is 6.00. The summed E-state index contributed by atoms with van der Waals surface area (Å²) >= 11 is 0. The van der Waals surface area contributed by atoms with Gasteiger partial charge in [0.25, 0.3) is 0 Å². The van der Waals surface area contributed by atoms with Gasteiger partial charge in [-0.05, 0) is 70.1 Å². The van der Waals surface area contributed by atoms with E-state index in [-0.39, 0.29) is 36.6 Å². The Morgan fingerprint density at radius 2 is 1.94 bits per heavy atom. The first-order valence-electron chi connectivity index (χ1n) is 11.4. The van der Waals surface area contributed by atoms with Crippen molar-refractivity contribution in [1.82, 2.24) is 9.55 Å². The minimum atomic E-state index is -4.35. The molecule has 2 aliphatic carbocycles. The second-order valence-electron chi connectivity index (χ2n) is 10.1. The first-order valence-corrected chi connectivity index (χ1v) is 11.4. The molecule has 0 bridgehead atoms. The van der Waals surface area contributed by atoms with Crippen molar-refractivity contribution >= 4 is 16.8 Å². The number of carbonyl (C=O) groups excluding carboxylic acids is 1. The van der Waals surface area contributed by atoms with Gasteiger partial charge in [0.05, 0.1) is 16.5 Å². The third-order valence-corrected chi connectivity index (χ3v) is 7.46. The van der Waals surface area contributed by atoms with Crippen LogP contribution < -0.4 is 0 Å². The summed E-state index contributed by atoms with van der Waals surface area (Å²) in [5, 5.41) is 10.3. The Balaban J connectivity index is 1.54. The number of aryl methyl sites for hydroxylation is 1. The number of hydrogen-bond donors (Lipinski definition) is 1. The fraction of sp³-hybridized carbons (Fsp3) is 0.667. The average molecular weight is 455 g/mol. The quantitative estimate of drug-likeness (QED) is 0.498. The summed E-state index contributed by atoms with van der Waals surface area (Å²) in [6, 6.07) is 3.24. The number of fused-ring (bicyclic) bond motifs is 1. The monoisotopic (exact) mass is 454 g/mol. The van der Waals surface area contributed by atoms with Crippen LogP contribution in [0.5, 0.6) is 0 Å². The third-order valence-electron chi connectivity index (χ3n) is 7.46. The van der Waals surface area contributed by atoms with Crippen molar-refractivity contribution in [2.75, 3.05) is 0 Å². The Hall–Kier alpha value is -1.96. The van der Waals surface area contributed by atoms with Gasteiger partial charge in [0.2, 0.25) is 0 Å². The molecule has 1 unspecified atom stereocenters. The Labute approximate surface area is 185 Å². The second-order valence-corrected chi connectivity index (χ2v) is 10.1. The van der Waals surface area contributed by atoms with E-state index in [0.717, 1.165) is 19.3 Å². The summed E-state index contributed by atoms with van der Waals surface area (Å²) in [6.45, 7) is 4.58. The van der Waals surface area contributed by atoms with Crippen molar-refractivity contribution in [2.45, 2.75) is 90.0 Å². The molecule has 1 aromatic heterocycles.